The zero-order chi connectivity index (χ0) is 16.3. The molecule has 1 aliphatic rings. The molecule has 124 valence electrons. The van der Waals surface area contributed by atoms with Crippen molar-refractivity contribution >= 4 is 5.82 Å². The maximum atomic E-state index is 10.4. The number of likely N-dealkylation sites (N-methyl/N-ethyl adjacent to an activating group) is 2. The molecule has 6 heteroatoms. The van der Waals surface area contributed by atoms with E-state index in [1.807, 2.05) is 32.7 Å². The number of aliphatic hydroxyl groups excluding tert-OH is 1. The number of aliphatic hydroxyl groups is 1. The van der Waals surface area contributed by atoms with Gasteiger partial charge in [-0.3, -0.25) is 4.90 Å². The number of β-amino-alcohol motifs (C(OH)–C–C–N with tert-alkyl or cyclic N) is 1. The molecule has 0 unspecified atom stereocenters. The number of hydrogen-bond acceptors (Lipinski definition) is 6. The minimum Gasteiger partial charge on any atom is -0.390 e. The van der Waals surface area contributed by atoms with Crippen LogP contribution in [0.2, 0.25) is 0 Å². The first-order valence-electron chi connectivity index (χ1n) is 7.98. The Labute approximate surface area is 133 Å². The predicted molar refractivity (Wildman–Crippen MR) is 89.5 cm³/mol. The summed E-state index contributed by atoms with van der Waals surface area (Å²) < 4.78 is 0. The van der Waals surface area contributed by atoms with E-state index in [1.54, 1.807) is 0 Å². The van der Waals surface area contributed by atoms with Gasteiger partial charge in [-0.2, -0.15) is 0 Å². The fraction of sp³-hybridized carbons (Fsp3) is 0.750. The summed E-state index contributed by atoms with van der Waals surface area (Å²) in [5.41, 5.74) is 2.09. The first kappa shape index (κ1) is 17.1. The molecule has 22 heavy (non-hydrogen) atoms. The first-order valence-corrected chi connectivity index (χ1v) is 7.98. The van der Waals surface area contributed by atoms with Crippen molar-refractivity contribution in [3.63, 3.8) is 0 Å². The van der Waals surface area contributed by atoms with Gasteiger partial charge >= 0.3 is 0 Å². The van der Waals surface area contributed by atoms with Crippen LogP contribution < -0.4 is 4.90 Å². The molecule has 1 aliphatic heterocycles. The lowest BCUT2D eigenvalue weighted by Crippen LogP contribution is -2.48. The summed E-state index contributed by atoms with van der Waals surface area (Å²) in [7, 11) is 4.13. The van der Waals surface area contributed by atoms with Crippen LogP contribution in [0.4, 0.5) is 5.82 Å². The summed E-state index contributed by atoms with van der Waals surface area (Å²) in [5.74, 6) is 1.70. The molecule has 0 saturated carbocycles. The van der Waals surface area contributed by atoms with Crippen LogP contribution in [0.15, 0.2) is 0 Å². The number of aryl methyl sites for hydroxylation is 2. The van der Waals surface area contributed by atoms with Gasteiger partial charge in [-0.25, -0.2) is 9.97 Å². The standard InChI is InChI=1S/C16H29N5O/c1-12-13(2)17-14(3)18-16(12)20(5)10-15(22)11-21-8-6-19(4)7-9-21/h15,22H,6-11H2,1-5H3/t15-/m1/s1. The molecule has 0 spiro atoms. The highest BCUT2D eigenvalue weighted by Gasteiger charge is 2.19. The lowest BCUT2D eigenvalue weighted by Gasteiger charge is -2.34. The molecule has 6 nitrogen and oxygen atoms in total. The third-order valence-corrected chi connectivity index (χ3v) is 4.39. The van der Waals surface area contributed by atoms with Gasteiger partial charge in [0, 0.05) is 57.6 Å². The smallest absolute Gasteiger partial charge is 0.135 e. The first-order chi connectivity index (χ1) is 10.4. The van der Waals surface area contributed by atoms with E-state index in [-0.39, 0.29) is 6.10 Å². The second kappa shape index (κ2) is 7.35. The van der Waals surface area contributed by atoms with Crippen molar-refractivity contribution in [1.29, 1.82) is 0 Å². The van der Waals surface area contributed by atoms with Crippen molar-refractivity contribution in [3.05, 3.63) is 17.1 Å². The van der Waals surface area contributed by atoms with Crippen molar-refractivity contribution in [1.82, 2.24) is 19.8 Å². The summed E-state index contributed by atoms with van der Waals surface area (Å²) in [5, 5.41) is 10.4. The zero-order valence-corrected chi connectivity index (χ0v) is 14.5. The van der Waals surface area contributed by atoms with Gasteiger partial charge in [0.15, 0.2) is 0 Å². The molecule has 1 fully saturated rings. The van der Waals surface area contributed by atoms with E-state index in [0.29, 0.717) is 6.54 Å². The van der Waals surface area contributed by atoms with Gasteiger partial charge in [-0.05, 0) is 27.8 Å². The summed E-state index contributed by atoms with van der Waals surface area (Å²) in [6.07, 6.45) is -0.372. The van der Waals surface area contributed by atoms with Crippen LogP contribution in [-0.4, -0.2) is 84.3 Å². The van der Waals surface area contributed by atoms with E-state index in [1.165, 1.54) is 0 Å². The molecule has 1 atom stereocenters. The molecule has 0 aliphatic carbocycles. The largest absolute Gasteiger partial charge is 0.390 e. The van der Waals surface area contributed by atoms with Gasteiger partial charge in [0.05, 0.1) is 6.10 Å². The number of anilines is 1. The number of nitrogens with zero attached hydrogens (tertiary/aromatic N) is 5. The van der Waals surface area contributed by atoms with Crippen molar-refractivity contribution < 1.29 is 5.11 Å². The number of aromatic nitrogens is 2. The van der Waals surface area contributed by atoms with E-state index < -0.39 is 0 Å². The molecule has 0 amide bonds. The fourth-order valence-electron chi connectivity index (χ4n) is 2.91. The Morgan fingerprint density at radius 3 is 2.41 bits per heavy atom. The van der Waals surface area contributed by atoms with Crippen LogP contribution in [0.25, 0.3) is 0 Å². The SMILES string of the molecule is Cc1nc(C)c(C)c(N(C)C[C@@H](O)CN2CCN(C)CC2)n1. The monoisotopic (exact) mass is 307 g/mol. The zero-order valence-electron chi connectivity index (χ0n) is 14.5. The topological polar surface area (TPSA) is 55.7 Å². The van der Waals surface area contributed by atoms with Crippen LogP contribution in [0.3, 0.4) is 0 Å². The maximum Gasteiger partial charge on any atom is 0.135 e. The molecule has 0 radical (unpaired) electrons. The average Bonchev–Trinajstić information content (AvgIpc) is 2.45. The van der Waals surface area contributed by atoms with Crippen LogP contribution in [0.1, 0.15) is 17.1 Å². The number of piperazine rings is 1. The highest BCUT2D eigenvalue weighted by Crippen LogP contribution is 2.18. The fourth-order valence-corrected chi connectivity index (χ4v) is 2.91. The van der Waals surface area contributed by atoms with Gasteiger partial charge in [-0.1, -0.05) is 0 Å². The Bertz CT molecular complexity index is 500. The van der Waals surface area contributed by atoms with Gasteiger partial charge in [0.1, 0.15) is 11.6 Å². The summed E-state index contributed by atoms with van der Waals surface area (Å²) in [6.45, 7) is 11.5. The van der Waals surface area contributed by atoms with Crippen LogP contribution in [-0.2, 0) is 0 Å². The van der Waals surface area contributed by atoms with E-state index in [0.717, 1.165) is 55.6 Å². The lowest BCUT2D eigenvalue weighted by atomic mass is 10.2. The van der Waals surface area contributed by atoms with Gasteiger partial charge in [0.2, 0.25) is 0 Å². The van der Waals surface area contributed by atoms with E-state index >= 15 is 0 Å². The molecule has 1 aromatic heterocycles. The molecule has 0 bridgehead atoms. The third-order valence-electron chi connectivity index (χ3n) is 4.39. The van der Waals surface area contributed by atoms with Gasteiger partial charge in [0.25, 0.3) is 0 Å². The minimum atomic E-state index is -0.372. The Balaban J connectivity index is 1.92. The molecular formula is C16H29N5O. The minimum absolute atomic E-state index is 0.372. The second-order valence-electron chi connectivity index (χ2n) is 6.44. The second-order valence-corrected chi connectivity index (χ2v) is 6.44. The quantitative estimate of drug-likeness (QED) is 0.852. The Hall–Kier alpha value is -1.24. The third kappa shape index (κ3) is 4.38. The van der Waals surface area contributed by atoms with E-state index in [2.05, 4.69) is 26.8 Å². The molecule has 0 aromatic carbocycles. The van der Waals surface area contributed by atoms with Gasteiger partial charge in [-0.15, -0.1) is 0 Å². The summed E-state index contributed by atoms with van der Waals surface area (Å²) in [6, 6.07) is 0. The van der Waals surface area contributed by atoms with E-state index in [4.69, 9.17) is 0 Å². The van der Waals surface area contributed by atoms with Crippen molar-refractivity contribution in [2.24, 2.45) is 0 Å². The van der Waals surface area contributed by atoms with Crippen molar-refractivity contribution in [3.8, 4) is 0 Å². The molecule has 2 heterocycles. The highest BCUT2D eigenvalue weighted by atomic mass is 16.3. The van der Waals surface area contributed by atoms with Crippen molar-refractivity contribution in [2.75, 3.05) is 58.3 Å². The highest BCUT2D eigenvalue weighted by molar-refractivity contribution is 5.47. The van der Waals surface area contributed by atoms with Crippen LogP contribution >= 0.6 is 0 Å². The molecule has 1 N–H and O–H groups in total. The number of hydrogen-bond donors (Lipinski definition) is 1. The molecular weight excluding hydrogens is 278 g/mol. The van der Waals surface area contributed by atoms with Crippen molar-refractivity contribution in [2.45, 2.75) is 26.9 Å². The maximum absolute atomic E-state index is 10.4. The molecule has 2 rings (SSSR count). The summed E-state index contributed by atoms with van der Waals surface area (Å²) >= 11 is 0. The van der Waals surface area contributed by atoms with Crippen LogP contribution in [0, 0.1) is 20.8 Å². The Morgan fingerprint density at radius 1 is 1.14 bits per heavy atom. The predicted octanol–water partition coefficient (Wildman–Crippen LogP) is 0.446. The Morgan fingerprint density at radius 2 is 1.77 bits per heavy atom. The van der Waals surface area contributed by atoms with E-state index in [9.17, 15) is 5.11 Å². The summed E-state index contributed by atoms with van der Waals surface area (Å²) in [4.78, 5) is 15.6. The molecule has 1 saturated heterocycles. The normalized spacial score (nSPS) is 18.5. The van der Waals surface area contributed by atoms with Crippen LogP contribution in [0.5, 0.6) is 0 Å². The van der Waals surface area contributed by atoms with Gasteiger partial charge < -0.3 is 14.9 Å². The number of rotatable bonds is 5. The average molecular weight is 307 g/mol. The lowest BCUT2D eigenvalue weighted by molar-refractivity contribution is 0.0842. The molecule has 1 aromatic rings. The Kier molecular flexibility index (Phi) is 5.72.